The minimum Gasteiger partial charge on any atom is -0.334 e. The molecule has 2 fully saturated rings. The molecule has 6 nitrogen and oxygen atoms in total. The lowest BCUT2D eigenvalue weighted by atomic mass is 9.81. The Morgan fingerprint density at radius 2 is 1.74 bits per heavy atom. The fourth-order valence-electron chi connectivity index (χ4n) is 4.24. The fourth-order valence-corrected chi connectivity index (χ4v) is 4.24. The van der Waals surface area contributed by atoms with E-state index in [9.17, 15) is 14.4 Å². The SMILES string of the molecule is CC(C)N(Cc1ccccc1)C(=O)CN1C(=O)N(C)C2(CCCCC2)C1=O. The van der Waals surface area contributed by atoms with E-state index in [0.29, 0.717) is 19.4 Å². The van der Waals surface area contributed by atoms with Crippen molar-refractivity contribution < 1.29 is 14.4 Å². The van der Waals surface area contributed by atoms with Gasteiger partial charge in [0, 0.05) is 19.6 Å². The van der Waals surface area contributed by atoms with Gasteiger partial charge in [-0.3, -0.25) is 14.5 Å². The molecular formula is C21H29N3O3. The maximum Gasteiger partial charge on any atom is 0.327 e. The van der Waals surface area contributed by atoms with Crippen LogP contribution in [0.4, 0.5) is 4.79 Å². The molecule has 27 heavy (non-hydrogen) atoms. The van der Waals surface area contributed by atoms with Gasteiger partial charge >= 0.3 is 6.03 Å². The number of urea groups is 1. The van der Waals surface area contributed by atoms with Crippen molar-refractivity contribution in [3.05, 3.63) is 35.9 Å². The monoisotopic (exact) mass is 371 g/mol. The lowest BCUT2D eigenvalue weighted by molar-refractivity contribution is -0.141. The Labute approximate surface area is 161 Å². The number of carbonyl (C=O) groups excluding carboxylic acids is 3. The average Bonchev–Trinajstić information content (AvgIpc) is 2.83. The van der Waals surface area contributed by atoms with Crippen molar-refractivity contribution in [3.63, 3.8) is 0 Å². The first kappa shape index (κ1) is 19.4. The van der Waals surface area contributed by atoms with Crippen LogP contribution in [0.15, 0.2) is 30.3 Å². The number of carbonyl (C=O) groups is 3. The zero-order chi connectivity index (χ0) is 19.6. The molecule has 1 aliphatic heterocycles. The second kappa shape index (κ2) is 7.71. The number of nitrogens with zero attached hydrogens (tertiary/aromatic N) is 3. The van der Waals surface area contributed by atoms with E-state index in [-0.39, 0.29) is 30.4 Å². The summed E-state index contributed by atoms with van der Waals surface area (Å²) in [4.78, 5) is 43.2. The standard InChI is InChI=1S/C21H29N3O3/c1-16(2)23(14-17-10-6-4-7-11-17)18(25)15-24-19(26)21(22(3)20(24)27)12-8-5-9-13-21/h4,6-7,10-11,16H,5,8-9,12-15H2,1-3H3. The normalized spacial score (nSPS) is 19.3. The molecule has 0 N–H and O–H groups in total. The van der Waals surface area contributed by atoms with E-state index in [0.717, 1.165) is 29.7 Å². The highest BCUT2D eigenvalue weighted by Gasteiger charge is 2.56. The summed E-state index contributed by atoms with van der Waals surface area (Å²) in [5, 5.41) is 0. The lowest BCUT2D eigenvalue weighted by Crippen LogP contribution is -2.50. The summed E-state index contributed by atoms with van der Waals surface area (Å²) in [6, 6.07) is 9.39. The van der Waals surface area contributed by atoms with Gasteiger partial charge < -0.3 is 9.80 Å². The Morgan fingerprint density at radius 1 is 1.11 bits per heavy atom. The van der Waals surface area contributed by atoms with E-state index in [2.05, 4.69) is 0 Å². The first-order chi connectivity index (χ1) is 12.9. The molecule has 1 aliphatic carbocycles. The smallest absolute Gasteiger partial charge is 0.327 e. The number of rotatable bonds is 5. The molecule has 1 saturated heterocycles. The van der Waals surface area contributed by atoms with Crippen LogP contribution in [0.5, 0.6) is 0 Å². The van der Waals surface area contributed by atoms with E-state index >= 15 is 0 Å². The molecule has 3 rings (SSSR count). The summed E-state index contributed by atoms with van der Waals surface area (Å²) in [7, 11) is 1.69. The molecule has 1 aromatic carbocycles. The van der Waals surface area contributed by atoms with Crippen LogP contribution in [0.3, 0.4) is 0 Å². The second-order valence-corrected chi connectivity index (χ2v) is 7.93. The predicted molar refractivity (Wildman–Crippen MR) is 103 cm³/mol. The first-order valence-corrected chi connectivity index (χ1v) is 9.80. The Bertz CT molecular complexity index is 711. The summed E-state index contributed by atoms with van der Waals surface area (Å²) in [5.74, 6) is -0.400. The number of hydrogen-bond acceptors (Lipinski definition) is 3. The molecule has 0 aromatic heterocycles. The minimum absolute atomic E-state index is 0.0214. The molecule has 2 aliphatic rings. The van der Waals surface area contributed by atoms with Gasteiger partial charge in [0.05, 0.1) is 0 Å². The quantitative estimate of drug-likeness (QED) is 0.748. The third kappa shape index (κ3) is 3.57. The highest BCUT2D eigenvalue weighted by molar-refractivity contribution is 6.08. The van der Waals surface area contributed by atoms with E-state index in [1.165, 1.54) is 0 Å². The molecule has 1 heterocycles. The van der Waals surface area contributed by atoms with Gasteiger partial charge in [-0.25, -0.2) is 4.79 Å². The Morgan fingerprint density at radius 3 is 2.33 bits per heavy atom. The predicted octanol–water partition coefficient (Wildman–Crippen LogP) is 3.02. The summed E-state index contributed by atoms with van der Waals surface area (Å²) < 4.78 is 0. The van der Waals surface area contributed by atoms with E-state index < -0.39 is 5.54 Å². The van der Waals surface area contributed by atoms with Crippen LogP contribution in [-0.4, -0.2) is 57.7 Å². The second-order valence-electron chi connectivity index (χ2n) is 7.93. The number of amides is 4. The zero-order valence-corrected chi connectivity index (χ0v) is 16.5. The molecule has 0 atom stereocenters. The van der Waals surface area contributed by atoms with Gasteiger partial charge in [0.2, 0.25) is 5.91 Å². The molecule has 0 bridgehead atoms. The Kier molecular flexibility index (Phi) is 5.53. The summed E-state index contributed by atoms with van der Waals surface area (Å²) in [6.45, 7) is 4.18. The number of likely N-dealkylation sites (N-methyl/N-ethyl adjacent to an activating group) is 1. The average molecular weight is 371 g/mol. The van der Waals surface area contributed by atoms with Gasteiger partial charge in [-0.05, 0) is 32.3 Å². The zero-order valence-electron chi connectivity index (χ0n) is 16.5. The largest absolute Gasteiger partial charge is 0.334 e. The van der Waals surface area contributed by atoms with Crippen LogP contribution in [0.2, 0.25) is 0 Å². The van der Waals surface area contributed by atoms with Gasteiger partial charge in [0.15, 0.2) is 0 Å². The molecule has 1 aromatic rings. The molecule has 146 valence electrons. The first-order valence-electron chi connectivity index (χ1n) is 9.80. The van der Waals surface area contributed by atoms with Crippen LogP contribution < -0.4 is 0 Å². The third-order valence-electron chi connectivity index (χ3n) is 5.92. The molecule has 1 spiro atoms. The van der Waals surface area contributed by atoms with Crippen LogP contribution in [0.1, 0.15) is 51.5 Å². The Hall–Kier alpha value is -2.37. The van der Waals surface area contributed by atoms with Crippen molar-refractivity contribution in [2.45, 2.75) is 64.1 Å². The maximum absolute atomic E-state index is 13.1. The van der Waals surface area contributed by atoms with E-state index in [1.807, 2.05) is 44.2 Å². The highest BCUT2D eigenvalue weighted by Crippen LogP contribution is 2.39. The van der Waals surface area contributed by atoms with Crippen LogP contribution in [-0.2, 0) is 16.1 Å². The van der Waals surface area contributed by atoms with Gasteiger partial charge in [0.1, 0.15) is 12.1 Å². The molecule has 0 unspecified atom stereocenters. The van der Waals surface area contributed by atoms with Crippen molar-refractivity contribution in [3.8, 4) is 0 Å². The summed E-state index contributed by atoms with van der Waals surface area (Å²) in [6.07, 6.45) is 4.36. The van der Waals surface area contributed by atoms with Gasteiger partial charge in [-0.1, -0.05) is 49.6 Å². The van der Waals surface area contributed by atoms with E-state index in [1.54, 1.807) is 16.8 Å². The van der Waals surface area contributed by atoms with Crippen LogP contribution in [0, 0.1) is 0 Å². The molecule has 4 amide bonds. The molecule has 6 heteroatoms. The summed E-state index contributed by atoms with van der Waals surface area (Å²) >= 11 is 0. The third-order valence-corrected chi connectivity index (χ3v) is 5.92. The maximum atomic E-state index is 13.1. The van der Waals surface area contributed by atoms with Crippen molar-refractivity contribution in [2.24, 2.45) is 0 Å². The van der Waals surface area contributed by atoms with Crippen LogP contribution in [0.25, 0.3) is 0 Å². The lowest BCUT2D eigenvalue weighted by Gasteiger charge is -2.35. The van der Waals surface area contributed by atoms with Crippen molar-refractivity contribution in [1.29, 1.82) is 0 Å². The fraction of sp³-hybridized carbons (Fsp3) is 0.571. The highest BCUT2D eigenvalue weighted by atomic mass is 16.2. The van der Waals surface area contributed by atoms with Gasteiger partial charge in [-0.2, -0.15) is 0 Å². The van der Waals surface area contributed by atoms with Gasteiger partial charge in [-0.15, -0.1) is 0 Å². The van der Waals surface area contributed by atoms with Crippen molar-refractivity contribution in [2.75, 3.05) is 13.6 Å². The minimum atomic E-state index is -0.738. The van der Waals surface area contributed by atoms with Crippen molar-refractivity contribution >= 4 is 17.8 Å². The number of hydrogen-bond donors (Lipinski definition) is 0. The number of benzene rings is 1. The number of imide groups is 1. The van der Waals surface area contributed by atoms with Crippen LogP contribution >= 0.6 is 0 Å². The molecular weight excluding hydrogens is 342 g/mol. The molecule has 0 radical (unpaired) electrons. The van der Waals surface area contributed by atoms with Gasteiger partial charge in [0.25, 0.3) is 5.91 Å². The van der Waals surface area contributed by atoms with E-state index in [4.69, 9.17) is 0 Å². The van der Waals surface area contributed by atoms with Crippen molar-refractivity contribution in [1.82, 2.24) is 14.7 Å². The molecule has 1 saturated carbocycles. The summed E-state index contributed by atoms with van der Waals surface area (Å²) in [5.41, 5.74) is 0.289. The topological polar surface area (TPSA) is 60.9 Å². The Balaban J connectivity index is 1.75.